The van der Waals surface area contributed by atoms with Gasteiger partial charge in [-0.15, -0.1) is 0 Å². The van der Waals surface area contributed by atoms with E-state index in [-0.39, 0.29) is 17.8 Å². The molecule has 6 heteroatoms. The zero-order valence-electron chi connectivity index (χ0n) is 10.7. The number of urea groups is 1. The second-order valence-corrected chi connectivity index (χ2v) is 4.81. The lowest BCUT2D eigenvalue weighted by atomic mass is 10.2. The molecular formula is C13H17N3O3. The number of carboxylic acids is 1. The summed E-state index contributed by atoms with van der Waals surface area (Å²) in [5, 5.41) is 14.3. The van der Waals surface area contributed by atoms with E-state index in [1.807, 2.05) is 6.92 Å². The molecule has 19 heavy (non-hydrogen) atoms. The molecule has 0 radical (unpaired) electrons. The molecule has 1 unspecified atom stereocenters. The van der Waals surface area contributed by atoms with Crippen LogP contribution in [0.25, 0.3) is 0 Å². The van der Waals surface area contributed by atoms with Crippen LogP contribution in [-0.2, 0) is 6.54 Å². The Morgan fingerprint density at radius 3 is 2.74 bits per heavy atom. The highest BCUT2D eigenvalue weighted by atomic mass is 16.4. The minimum Gasteiger partial charge on any atom is -0.477 e. The fraction of sp³-hybridized carbons (Fsp3) is 0.462. The van der Waals surface area contributed by atoms with Crippen LogP contribution in [0.3, 0.4) is 0 Å². The Hall–Kier alpha value is -2.11. The van der Waals surface area contributed by atoms with Gasteiger partial charge in [0.25, 0.3) is 0 Å². The lowest BCUT2D eigenvalue weighted by molar-refractivity contribution is 0.0690. The SMILES string of the molecule is CC(NC(=O)NCc1ccc(C(=O)O)nc1)C1CC1. The maximum atomic E-state index is 11.6. The summed E-state index contributed by atoms with van der Waals surface area (Å²) in [7, 11) is 0. The molecule has 1 aliphatic rings. The average molecular weight is 263 g/mol. The first-order chi connectivity index (χ1) is 9.06. The molecule has 2 rings (SSSR count). The van der Waals surface area contributed by atoms with E-state index in [9.17, 15) is 9.59 Å². The lowest BCUT2D eigenvalue weighted by Gasteiger charge is -2.13. The number of carboxylic acid groups (broad SMARTS) is 1. The number of aromatic carboxylic acids is 1. The Bertz CT molecular complexity index is 469. The van der Waals surface area contributed by atoms with Gasteiger partial charge in [-0.1, -0.05) is 6.07 Å². The van der Waals surface area contributed by atoms with Crippen LogP contribution >= 0.6 is 0 Å². The van der Waals surface area contributed by atoms with Gasteiger partial charge in [0.2, 0.25) is 0 Å². The van der Waals surface area contributed by atoms with E-state index < -0.39 is 5.97 Å². The predicted molar refractivity (Wildman–Crippen MR) is 68.8 cm³/mol. The molecule has 0 spiro atoms. The highest BCUT2D eigenvalue weighted by molar-refractivity contribution is 5.85. The zero-order chi connectivity index (χ0) is 13.8. The Kier molecular flexibility index (Phi) is 3.99. The Morgan fingerprint density at radius 1 is 1.47 bits per heavy atom. The van der Waals surface area contributed by atoms with Gasteiger partial charge in [-0.3, -0.25) is 0 Å². The number of amides is 2. The van der Waals surface area contributed by atoms with E-state index in [1.165, 1.54) is 25.1 Å². The summed E-state index contributed by atoms with van der Waals surface area (Å²) in [6.07, 6.45) is 3.82. The third-order valence-electron chi connectivity index (χ3n) is 3.18. The van der Waals surface area contributed by atoms with Gasteiger partial charge in [0, 0.05) is 18.8 Å². The normalized spacial score (nSPS) is 15.6. The smallest absolute Gasteiger partial charge is 0.354 e. The third kappa shape index (κ3) is 3.94. The molecule has 1 aromatic heterocycles. The number of carbonyl (C=O) groups is 2. The van der Waals surface area contributed by atoms with Crippen molar-refractivity contribution in [1.82, 2.24) is 15.6 Å². The third-order valence-corrected chi connectivity index (χ3v) is 3.18. The van der Waals surface area contributed by atoms with Crippen LogP contribution in [0.2, 0.25) is 0 Å². The number of hydrogen-bond donors (Lipinski definition) is 3. The summed E-state index contributed by atoms with van der Waals surface area (Å²) in [5.74, 6) is -0.447. The maximum absolute atomic E-state index is 11.6. The van der Waals surface area contributed by atoms with Gasteiger partial charge in [-0.25, -0.2) is 14.6 Å². The van der Waals surface area contributed by atoms with E-state index in [1.54, 1.807) is 6.07 Å². The fourth-order valence-corrected chi connectivity index (χ4v) is 1.81. The Labute approximate surface area is 111 Å². The number of aromatic nitrogens is 1. The number of hydrogen-bond acceptors (Lipinski definition) is 3. The van der Waals surface area contributed by atoms with Crippen molar-refractivity contribution in [3.05, 3.63) is 29.6 Å². The molecule has 1 aliphatic carbocycles. The summed E-state index contributed by atoms with van der Waals surface area (Å²) in [6.45, 7) is 2.33. The minimum atomic E-state index is -1.06. The van der Waals surface area contributed by atoms with E-state index in [0.29, 0.717) is 12.5 Å². The molecule has 1 fully saturated rings. The van der Waals surface area contributed by atoms with E-state index in [0.717, 1.165) is 5.56 Å². The fourth-order valence-electron chi connectivity index (χ4n) is 1.81. The van der Waals surface area contributed by atoms with Crippen molar-refractivity contribution in [3.8, 4) is 0 Å². The quantitative estimate of drug-likeness (QED) is 0.748. The molecule has 3 N–H and O–H groups in total. The summed E-state index contributed by atoms with van der Waals surface area (Å²) in [4.78, 5) is 26.0. The van der Waals surface area contributed by atoms with Crippen molar-refractivity contribution < 1.29 is 14.7 Å². The Morgan fingerprint density at radius 2 is 2.21 bits per heavy atom. The highest BCUT2D eigenvalue weighted by Gasteiger charge is 2.28. The standard InChI is InChI=1S/C13H17N3O3/c1-8(10-3-4-10)16-13(19)15-7-9-2-5-11(12(17)18)14-6-9/h2,5-6,8,10H,3-4,7H2,1H3,(H,17,18)(H2,15,16,19). The lowest BCUT2D eigenvalue weighted by Crippen LogP contribution is -2.41. The second-order valence-electron chi connectivity index (χ2n) is 4.81. The van der Waals surface area contributed by atoms with Gasteiger partial charge in [-0.05, 0) is 37.3 Å². The van der Waals surface area contributed by atoms with Crippen LogP contribution in [0, 0.1) is 5.92 Å². The molecule has 1 saturated carbocycles. The molecule has 0 saturated heterocycles. The number of rotatable bonds is 5. The van der Waals surface area contributed by atoms with Gasteiger partial charge in [0.15, 0.2) is 0 Å². The monoisotopic (exact) mass is 263 g/mol. The van der Waals surface area contributed by atoms with Crippen molar-refractivity contribution >= 4 is 12.0 Å². The van der Waals surface area contributed by atoms with Gasteiger partial charge >= 0.3 is 12.0 Å². The zero-order valence-corrected chi connectivity index (χ0v) is 10.7. The van der Waals surface area contributed by atoms with Crippen LogP contribution in [0.1, 0.15) is 35.8 Å². The first-order valence-corrected chi connectivity index (χ1v) is 6.29. The van der Waals surface area contributed by atoms with Gasteiger partial charge in [0.1, 0.15) is 5.69 Å². The summed E-state index contributed by atoms with van der Waals surface area (Å²) in [5.41, 5.74) is 0.759. The van der Waals surface area contributed by atoms with Gasteiger partial charge in [0.05, 0.1) is 0 Å². The molecule has 1 atom stereocenters. The van der Waals surface area contributed by atoms with Crippen molar-refractivity contribution in [2.24, 2.45) is 5.92 Å². The number of nitrogens with one attached hydrogen (secondary N) is 2. The summed E-state index contributed by atoms with van der Waals surface area (Å²) >= 11 is 0. The Balaban J connectivity index is 1.77. The van der Waals surface area contributed by atoms with Crippen molar-refractivity contribution in [2.75, 3.05) is 0 Å². The van der Waals surface area contributed by atoms with E-state index in [4.69, 9.17) is 5.11 Å². The van der Waals surface area contributed by atoms with Crippen molar-refractivity contribution in [3.63, 3.8) is 0 Å². The van der Waals surface area contributed by atoms with Crippen LogP contribution in [-0.4, -0.2) is 28.1 Å². The maximum Gasteiger partial charge on any atom is 0.354 e. The van der Waals surface area contributed by atoms with Crippen molar-refractivity contribution in [2.45, 2.75) is 32.4 Å². The molecule has 6 nitrogen and oxygen atoms in total. The molecular weight excluding hydrogens is 246 g/mol. The van der Waals surface area contributed by atoms with Crippen LogP contribution in [0.5, 0.6) is 0 Å². The molecule has 0 bridgehead atoms. The van der Waals surface area contributed by atoms with E-state index >= 15 is 0 Å². The van der Waals surface area contributed by atoms with Crippen molar-refractivity contribution in [1.29, 1.82) is 0 Å². The average Bonchev–Trinajstić information content (AvgIpc) is 3.21. The largest absolute Gasteiger partial charge is 0.477 e. The van der Waals surface area contributed by atoms with Crippen LogP contribution < -0.4 is 10.6 Å². The molecule has 1 aromatic rings. The van der Waals surface area contributed by atoms with Crippen LogP contribution in [0.15, 0.2) is 18.3 Å². The number of carbonyl (C=O) groups excluding carboxylic acids is 1. The topological polar surface area (TPSA) is 91.3 Å². The molecule has 2 amide bonds. The second kappa shape index (κ2) is 5.69. The van der Waals surface area contributed by atoms with Gasteiger partial charge < -0.3 is 15.7 Å². The molecule has 1 heterocycles. The van der Waals surface area contributed by atoms with E-state index in [2.05, 4.69) is 15.6 Å². The van der Waals surface area contributed by atoms with Crippen LogP contribution in [0.4, 0.5) is 4.79 Å². The van der Waals surface area contributed by atoms with Gasteiger partial charge in [-0.2, -0.15) is 0 Å². The molecule has 0 aromatic carbocycles. The number of pyridine rings is 1. The molecule has 0 aliphatic heterocycles. The molecule has 102 valence electrons. The first-order valence-electron chi connectivity index (χ1n) is 6.29. The first kappa shape index (κ1) is 13.3. The summed E-state index contributed by atoms with van der Waals surface area (Å²) in [6, 6.07) is 3.06. The highest BCUT2D eigenvalue weighted by Crippen LogP contribution is 2.32. The summed E-state index contributed by atoms with van der Waals surface area (Å²) < 4.78 is 0. The predicted octanol–water partition coefficient (Wildman–Crippen LogP) is 1.38. The minimum absolute atomic E-state index is 0.00411. The number of nitrogens with zero attached hydrogens (tertiary/aromatic N) is 1.